The summed E-state index contributed by atoms with van der Waals surface area (Å²) in [4.78, 5) is 16.8. The van der Waals surface area contributed by atoms with E-state index < -0.39 is 0 Å². The highest BCUT2D eigenvalue weighted by molar-refractivity contribution is 5.90. The van der Waals surface area contributed by atoms with E-state index in [-0.39, 0.29) is 5.91 Å². The summed E-state index contributed by atoms with van der Waals surface area (Å²) in [6.07, 6.45) is 7.02. The summed E-state index contributed by atoms with van der Waals surface area (Å²) in [6, 6.07) is 8.30. The minimum Gasteiger partial charge on any atom is -0.369 e. The molecule has 1 saturated carbocycles. The first-order valence-corrected chi connectivity index (χ1v) is 9.04. The molecular weight excluding hydrogens is 286 g/mol. The molecule has 3 rings (SSSR count). The smallest absolute Gasteiger partial charge is 0.224 e. The molecule has 1 N–H and O–H groups in total. The molecule has 1 heterocycles. The highest BCUT2D eigenvalue weighted by Gasteiger charge is 2.16. The van der Waals surface area contributed by atoms with Crippen LogP contribution in [0.4, 0.5) is 11.4 Å². The number of rotatable bonds is 5. The molecule has 1 saturated heterocycles. The van der Waals surface area contributed by atoms with Crippen LogP contribution in [0.3, 0.4) is 0 Å². The van der Waals surface area contributed by atoms with Gasteiger partial charge in [-0.3, -0.25) is 4.79 Å². The number of nitrogens with zero attached hydrogens (tertiary/aromatic N) is 2. The fraction of sp³-hybridized carbons (Fsp3) is 0.632. The minimum absolute atomic E-state index is 0.157. The van der Waals surface area contributed by atoms with Gasteiger partial charge in [0.25, 0.3) is 0 Å². The van der Waals surface area contributed by atoms with E-state index in [1.807, 2.05) is 12.1 Å². The molecule has 0 aromatic heterocycles. The lowest BCUT2D eigenvalue weighted by Gasteiger charge is -2.34. The molecule has 0 radical (unpaired) electrons. The predicted octanol–water partition coefficient (Wildman–Crippen LogP) is 3.35. The Morgan fingerprint density at radius 1 is 1.09 bits per heavy atom. The number of anilines is 2. The molecule has 0 unspecified atom stereocenters. The van der Waals surface area contributed by atoms with Gasteiger partial charge < -0.3 is 15.1 Å². The van der Waals surface area contributed by atoms with Gasteiger partial charge in [0.2, 0.25) is 5.91 Å². The Morgan fingerprint density at radius 2 is 1.74 bits per heavy atom. The average Bonchev–Trinajstić information content (AvgIpc) is 3.08. The van der Waals surface area contributed by atoms with Crippen molar-refractivity contribution in [2.45, 2.75) is 38.5 Å². The van der Waals surface area contributed by atoms with Gasteiger partial charge in [-0.2, -0.15) is 0 Å². The van der Waals surface area contributed by atoms with Crippen LogP contribution in [0.5, 0.6) is 0 Å². The number of likely N-dealkylation sites (N-methyl/N-ethyl adjacent to an activating group) is 1. The maximum atomic E-state index is 12.1. The second-order valence-electron chi connectivity index (χ2n) is 7.07. The Labute approximate surface area is 139 Å². The Balaban J connectivity index is 1.46. The molecular formula is C19H29N3O. The number of amides is 1. The van der Waals surface area contributed by atoms with E-state index in [0.29, 0.717) is 6.42 Å². The van der Waals surface area contributed by atoms with Crippen molar-refractivity contribution in [3.05, 3.63) is 24.3 Å². The molecule has 1 aliphatic carbocycles. The zero-order valence-corrected chi connectivity index (χ0v) is 14.3. The summed E-state index contributed by atoms with van der Waals surface area (Å²) < 4.78 is 0. The van der Waals surface area contributed by atoms with Crippen molar-refractivity contribution in [1.29, 1.82) is 0 Å². The largest absolute Gasteiger partial charge is 0.369 e. The number of hydrogen-bond acceptors (Lipinski definition) is 3. The molecule has 1 aromatic carbocycles. The van der Waals surface area contributed by atoms with Crippen LogP contribution in [0.15, 0.2) is 24.3 Å². The number of benzene rings is 1. The lowest BCUT2D eigenvalue weighted by atomic mass is 10.0. The van der Waals surface area contributed by atoms with E-state index in [1.54, 1.807) is 0 Å². The van der Waals surface area contributed by atoms with Crippen LogP contribution < -0.4 is 10.2 Å². The van der Waals surface area contributed by atoms with Crippen molar-refractivity contribution in [3.63, 3.8) is 0 Å². The molecule has 23 heavy (non-hydrogen) atoms. The van der Waals surface area contributed by atoms with E-state index in [0.717, 1.165) is 44.2 Å². The van der Waals surface area contributed by atoms with Crippen LogP contribution >= 0.6 is 0 Å². The van der Waals surface area contributed by atoms with Crippen LogP contribution in [0.1, 0.15) is 38.5 Å². The summed E-state index contributed by atoms with van der Waals surface area (Å²) in [7, 11) is 2.17. The third-order valence-corrected chi connectivity index (χ3v) is 5.27. The SMILES string of the molecule is CN1CCN(c2ccc(NC(=O)CCC3CCCC3)cc2)CC1. The Kier molecular flexibility index (Phi) is 5.55. The van der Waals surface area contributed by atoms with E-state index in [1.165, 1.54) is 31.4 Å². The lowest BCUT2D eigenvalue weighted by Crippen LogP contribution is -2.44. The monoisotopic (exact) mass is 315 g/mol. The average molecular weight is 315 g/mol. The van der Waals surface area contributed by atoms with Crippen molar-refractivity contribution < 1.29 is 4.79 Å². The van der Waals surface area contributed by atoms with E-state index in [4.69, 9.17) is 0 Å². The zero-order chi connectivity index (χ0) is 16.1. The van der Waals surface area contributed by atoms with Crippen LogP contribution in [-0.2, 0) is 4.79 Å². The van der Waals surface area contributed by atoms with Crippen LogP contribution in [0.25, 0.3) is 0 Å². The Hall–Kier alpha value is -1.55. The summed E-state index contributed by atoms with van der Waals surface area (Å²) in [5.74, 6) is 0.935. The van der Waals surface area contributed by atoms with Gasteiger partial charge in [-0.05, 0) is 43.7 Å². The minimum atomic E-state index is 0.157. The first kappa shape index (κ1) is 16.3. The van der Waals surface area contributed by atoms with Gasteiger partial charge in [0.1, 0.15) is 0 Å². The third-order valence-electron chi connectivity index (χ3n) is 5.27. The van der Waals surface area contributed by atoms with Crippen molar-refractivity contribution in [3.8, 4) is 0 Å². The molecule has 4 nitrogen and oxygen atoms in total. The Bertz CT molecular complexity index is 500. The molecule has 1 aromatic rings. The van der Waals surface area contributed by atoms with Crippen LogP contribution in [-0.4, -0.2) is 44.0 Å². The number of nitrogens with one attached hydrogen (secondary N) is 1. The van der Waals surface area contributed by atoms with E-state index in [2.05, 4.69) is 34.3 Å². The summed E-state index contributed by atoms with van der Waals surface area (Å²) >= 11 is 0. The van der Waals surface area contributed by atoms with E-state index in [9.17, 15) is 4.79 Å². The van der Waals surface area contributed by atoms with Gasteiger partial charge >= 0.3 is 0 Å². The molecule has 0 bridgehead atoms. The molecule has 126 valence electrons. The second kappa shape index (κ2) is 7.82. The number of carbonyl (C=O) groups is 1. The fourth-order valence-electron chi connectivity index (χ4n) is 3.68. The quantitative estimate of drug-likeness (QED) is 0.905. The molecule has 0 spiro atoms. The maximum absolute atomic E-state index is 12.1. The van der Waals surface area contributed by atoms with Gasteiger partial charge in [0.05, 0.1) is 0 Å². The van der Waals surface area contributed by atoms with Gasteiger partial charge in [-0.15, -0.1) is 0 Å². The topological polar surface area (TPSA) is 35.6 Å². The van der Waals surface area contributed by atoms with Crippen LogP contribution in [0, 0.1) is 5.92 Å². The number of hydrogen-bond donors (Lipinski definition) is 1. The summed E-state index contributed by atoms with van der Waals surface area (Å²) in [5.41, 5.74) is 2.17. The molecule has 1 amide bonds. The van der Waals surface area contributed by atoms with Crippen molar-refractivity contribution >= 4 is 17.3 Å². The van der Waals surface area contributed by atoms with Gasteiger partial charge in [-0.1, -0.05) is 25.7 Å². The fourth-order valence-corrected chi connectivity index (χ4v) is 3.68. The van der Waals surface area contributed by atoms with Crippen molar-refractivity contribution in [1.82, 2.24) is 4.90 Å². The summed E-state index contributed by atoms with van der Waals surface area (Å²) in [5, 5.41) is 3.04. The van der Waals surface area contributed by atoms with Crippen molar-refractivity contribution in [2.24, 2.45) is 5.92 Å². The molecule has 1 aliphatic heterocycles. The van der Waals surface area contributed by atoms with Gasteiger partial charge in [-0.25, -0.2) is 0 Å². The molecule has 0 atom stereocenters. The molecule has 4 heteroatoms. The maximum Gasteiger partial charge on any atom is 0.224 e. The normalized spacial score (nSPS) is 20.0. The number of piperazine rings is 1. The molecule has 2 aliphatic rings. The highest BCUT2D eigenvalue weighted by Crippen LogP contribution is 2.28. The standard InChI is InChI=1S/C19H29N3O/c1-21-12-14-22(15-13-21)18-9-7-17(8-10-18)20-19(23)11-6-16-4-2-3-5-16/h7-10,16H,2-6,11-15H2,1H3,(H,20,23). The van der Waals surface area contributed by atoms with E-state index >= 15 is 0 Å². The Morgan fingerprint density at radius 3 is 2.39 bits per heavy atom. The predicted molar refractivity (Wildman–Crippen MR) is 96.0 cm³/mol. The summed E-state index contributed by atoms with van der Waals surface area (Å²) in [6.45, 7) is 4.37. The number of carbonyl (C=O) groups excluding carboxylic acids is 1. The van der Waals surface area contributed by atoms with Gasteiger partial charge in [0.15, 0.2) is 0 Å². The zero-order valence-electron chi connectivity index (χ0n) is 14.3. The molecule has 2 fully saturated rings. The lowest BCUT2D eigenvalue weighted by molar-refractivity contribution is -0.116. The third kappa shape index (κ3) is 4.71. The first-order chi connectivity index (χ1) is 11.2. The first-order valence-electron chi connectivity index (χ1n) is 9.04. The highest BCUT2D eigenvalue weighted by atomic mass is 16.1. The second-order valence-corrected chi connectivity index (χ2v) is 7.07. The van der Waals surface area contributed by atoms with Crippen LogP contribution in [0.2, 0.25) is 0 Å². The van der Waals surface area contributed by atoms with Gasteiger partial charge in [0, 0.05) is 44.0 Å². The van der Waals surface area contributed by atoms with Crippen molar-refractivity contribution in [2.75, 3.05) is 43.4 Å².